The van der Waals surface area contributed by atoms with Gasteiger partial charge in [-0.05, 0) is 32.1 Å². The van der Waals surface area contributed by atoms with Crippen LogP contribution in [0.5, 0.6) is 0 Å². The minimum atomic E-state index is -0.128. The van der Waals surface area contributed by atoms with E-state index in [1.165, 1.54) is 6.42 Å². The lowest BCUT2D eigenvalue weighted by Crippen LogP contribution is -2.36. The van der Waals surface area contributed by atoms with E-state index in [9.17, 15) is 4.79 Å². The van der Waals surface area contributed by atoms with Crippen LogP contribution in [0.2, 0.25) is 0 Å². The summed E-state index contributed by atoms with van der Waals surface area (Å²) >= 11 is 5.57. The van der Waals surface area contributed by atoms with E-state index < -0.39 is 0 Å². The van der Waals surface area contributed by atoms with Crippen LogP contribution in [0.1, 0.15) is 44.9 Å². The molecule has 0 bridgehead atoms. The van der Waals surface area contributed by atoms with Gasteiger partial charge in [-0.2, -0.15) is 0 Å². The number of likely N-dealkylation sites (tertiary alicyclic amines) is 1. The summed E-state index contributed by atoms with van der Waals surface area (Å²) in [5.74, 6) is 0.730. The molecule has 0 aromatic carbocycles. The molecule has 0 N–H and O–H groups in total. The third kappa shape index (κ3) is 5.59. The van der Waals surface area contributed by atoms with Gasteiger partial charge in [-0.3, -0.25) is 0 Å². The number of halogens is 1. The van der Waals surface area contributed by atoms with Crippen LogP contribution in [0, 0.1) is 0 Å². The van der Waals surface area contributed by atoms with Crippen LogP contribution in [0.3, 0.4) is 0 Å². The Labute approximate surface area is 103 Å². The summed E-state index contributed by atoms with van der Waals surface area (Å²) in [4.78, 5) is 13.4. The third-order valence-electron chi connectivity index (χ3n) is 2.87. The van der Waals surface area contributed by atoms with Crippen molar-refractivity contribution in [1.29, 1.82) is 0 Å². The molecule has 0 radical (unpaired) electrons. The van der Waals surface area contributed by atoms with Crippen LogP contribution in [0.25, 0.3) is 0 Å². The van der Waals surface area contributed by atoms with E-state index in [2.05, 4.69) is 0 Å². The van der Waals surface area contributed by atoms with Gasteiger partial charge in [-0.1, -0.05) is 12.8 Å². The summed E-state index contributed by atoms with van der Waals surface area (Å²) in [6.45, 7) is 2.29. The number of alkyl halides is 1. The molecule has 3 nitrogen and oxygen atoms in total. The van der Waals surface area contributed by atoms with Crippen molar-refractivity contribution >= 4 is 17.7 Å². The highest BCUT2D eigenvalue weighted by atomic mass is 35.5. The van der Waals surface area contributed by atoms with Crippen LogP contribution < -0.4 is 0 Å². The summed E-state index contributed by atoms with van der Waals surface area (Å²) in [6, 6.07) is 0. The molecule has 94 valence electrons. The smallest absolute Gasteiger partial charge is 0.409 e. The number of nitrogens with zero attached hydrogens (tertiary/aromatic N) is 1. The van der Waals surface area contributed by atoms with Gasteiger partial charge >= 0.3 is 6.09 Å². The maximum absolute atomic E-state index is 11.6. The molecule has 1 aliphatic heterocycles. The number of piperidine rings is 1. The van der Waals surface area contributed by atoms with Crippen molar-refractivity contribution in [2.24, 2.45) is 0 Å². The Morgan fingerprint density at radius 1 is 1.06 bits per heavy atom. The van der Waals surface area contributed by atoms with Crippen molar-refractivity contribution in [3.05, 3.63) is 0 Å². The molecule has 0 aromatic rings. The summed E-state index contributed by atoms with van der Waals surface area (Å²) in [5, 5.41) is 0. The topological polar surface area (TPSA) is 29.5 Å². The highest BCUT2D eigenvalue weighted by Gasteiger charge is 2.16. The quantitative estimate of drug-likeness (QED) is 0.532. The lowest BCUT2D eigenvalue weighted by Gasteiger charge is -2.25. The van der Waals surface area contributed by atoms with Crippen molar-refractivity contribution in [2.45, 2.75) is 44.9 Å². The molecule has 1 fully saturated rings. The van der Waals surface area contributed by atoms with Crippen LogP contribution in [0.4, 0.5) is 4.79 Å². The Morgan fingerprint density at radius 3 is 2.44 bits per heavy atom. The van der Waals surface area contributed by atoms with Gasteiger partial charge in [0, 0.05) is 19.0 Å². The maximum Gasteiger partial charge on any atom is 0.409 e. The van der Waals surface area contributed by atoms with Crippen LogP contribution >= 0.6 is 11.6 Å². The molecule has 0 unspecified atom stereocenters. The number of ether oxygens (including phenoxy) is 1. The highest BCUT2D eigenvalue weighted by Crippen LogP contribution is 2.10. The van der Waals surface area contributed by atoms with Gasteiger partial charge in [0.2, 0.25) is 0 Å². The highest BCUT2D eigenvalue weighted by molar-refractivity contribution is 6.17. The minimum Gasteiger partial charge on any atom is -0.449 e. The molecule has 0 atom stereocenters. The first-order chi connectivity index (χ1) is 7.84. The standard InChI is InChI=1S/C12H22ClNO2/c13-8-4-1-2-7-11-16-12(15)14-9-5-3-6-10-14/h1-11H2. The minimum absolute atomic E-state index is 0.128. The Bertz CT molecular complexity index is 193. The Kier molecular flexibility index (Phi) is 7.39. The molecule has 1 saturated heterocycles. The van der Waals surface area contributed by atoms with E-state index in [1.807, 2.05) is 4.90 Å². The summed E-state index contributed by atoms with van der Waals surface area (Å²) < 4.78 is 5.22. The zero-order valence-electron chi connectivity index (χ0n) is 9.92. The number of carbonyl (C=O) groups excluding carboxylic acids is 1. The maximum atomic E-state index is 11.6. The Morgan fingerprint density at radius 2 is 1.75 bits per heavy atom. The molecule has 0 saturated carbocycles. The molecular formula is C12H22ClNO2. The number of amides is 1. The average Bonchev–Trinajstić information content (AvgIpc) is 2.34. The monoisotopic (exact) mass is 247 g/mol. The number of hydrogen-bond acceptors (Lipinski definition) is 2. The van der Waals surface area contributed by atoms with Crippen LogP contribution in [-0.4, -0.2) is 36.6 Å². The van der Waals surface area contributed by atoms with Gasteiger partial charge in [-0.15, -0.1) is 11.6 Å². The number of rotatable bonds is 6. The summed E-state index contributed by atoms with van der Waals surface area (Å²) in [5.41, 5.74) is 0. The summed E-state index contributed by atoms with van der Waals surface area (Å²) in [7, 11) is 0. The molecule has 0 spiro atoms. The first-order valence-corrected chi connectivity index (χ1v) is 6.85. The zero-order valence-corrected chi connectivity index (χ0v) is 10.7. The average molecular weight is 248 g/mol. The van der Waals surface area contributed by atoms with Gasteiger partial charge < -0.3 is 9.64 Å². The normalized spacial score (nSPS) is 16.2. The van der Waals surface area contributed by atoms with Gasteiger partial charge in [0.1, 0.15) is 0 Å². The van der Waals surface area contributed by atoms with E-state index in [4.69, 9.17) is 16.3 Å². The van der Waals surface area contributed by atoms with Crippen LogP contribution in [0.15, 0.2) is 0 Å². The van der Waals surface area contributed by atoms with E-state index in [1.54, 1.807) is 0 Å². The number of hydrogen-bond donors (Lipinski definition) is 0. The van der Waals surface area contributed by atoms with E-state index in [0.29, 0.717) is 6.61 Å². The lowest BCUT2D eigenvalue weighted by atomic mass is 10.1. The fraction of sp³-hybridized carbons (Fsp3) is 0.917. The van der Waals surface area contributed by atoms with Crippen molar-refractivity contribution in [3.8, 4) is 0 Å². The zero-order chi connectivity index (χ0) is 11.6. The second-order valence-electron chi connectivity index (χ2n) is 4.27. The van der Waals surface area contributed by atoms with Gasteiger partial charge in [0.25, 0.3) is 0 Å². The van der Waals surface area contributed by atoms with Crippen molar-refractivity contribution in [2.75, 3.05) is 25.6 Å². The second kappa shape index (κ2) is 8.68. The SMILES string of the molecule is O=C(OCCCCCCCl)N1CCCCC1. The van der Waals surface area contributed by atoms with Gasteiger partial charge in [0.05, 0.1) is 6.61 Å². The van der Waals surface area contributed by atoms with E-state index in [0.717, 1.165) is 57.5 Å². The first-order valence-electron chi connectivity index (χ1n) is 6.32. The fourth-order valence-electron chi connectivity index (χ4n) is 1.88. The van der Waals surface area contributed by atoms with Crippen molar-refractivity contribution in [1.82, 2.24) is 4.90 Å². The van der Waals surface area contributed by atoms with Crippen molar-refractivity contribution < 1.29 is 9.53 Å². The molecule has 0 aromatic heterocycles. The largest absolute Gasteiger partial charge is 0.449 e. The molecule has 0 aliphatic carbocycles. The first kappa shape index (κ1) is 13.6. The predicted molar refractivity (Wildman–Crippen MR) is 66.0 cm³/mol. The van der Waals surface area contributed by atoms with E-state index >= 15 is 0 Å². The molecular weight excluding hydrogens is 226 g/mol. The third-order valence-corrected chi connectivity index (χ3v) is 3.14. The number of unbranched alkanes of at least 4 members (excludes halogenated alkanes) is 3. The number of carbonyl (C=O) groups is 1. The molecule has 1 amide bonds. The van der Waals surface area contributed by atoms with Gasteiger partial charge in [0.15, 0.2) is 0 Å². The fourth-order valence-corrected chi connectivity index (χ4v) is 2.07. The van der Waals surface area contributed by atoms with Crippen molar-refractivity contribution in [3.63, 3.8) is 0 Å². The molecule has 16 heavy (non-hydrogen) atoms. The molecule has 1 rings (SSSR count). The lowest BCUT2D eigenvalue weighted by molar-refractivity contribution is 0.0936. The molecule has 1 aliphatic rings. The summed E-state index contributed by atoms with van der Waals surface area (Å²) in [6.07, 6.45) is 7.58. The Hall–Kier alpha value is -0.440. The van der Waals surface area contributed by atoms with Gasteiger partial charge in [-0.25, -0.2) is 4.79 Å². The van der Waals surface area contributed by atoms with Crippen LogP contribution in [-0.2, 0) is 4.74 Å². The second-order valence-corrected chi connectivity index (χ2v) is 4.64. The van der Waals surface area contributed by atoms with E-state index in [-0.39, 0.29) is 6.09 Å². The Balaban J connectivity index is 1.97. The predicted octanol–water partition coefficient (Wildman–Crippen LogP) is 3.41. The molecule has 1 heterocycles. The molecule has 4 heteroatoms.